The SMILES string of the molecule is CC(N)c1ccc(OCC(F)F)c(Cl)c1.Cl. The van der Waals surface area contributed by atoms with Crippen LogP contribution in [-0.2, 0) is 0 Å². The standard InChI is InChI=1S/C10H12ClF2NO.ClH/c1-6(14)7-2-3-9(8(11)4-7)15-5-10(12)13;/h2-4,6,10H,5,14H2,1H3;1H. The van der Waals surface area contributed by atoms with Gasteiger partial charge >= 0.3 is 0 Å². The average molecular weight is 272 g/mol. The summed E-state index contributed by atoms with van der Waals surface area (Å²) in [5, 5.41) is 0.297. The third kappa shape index (κ3) is 4.51. The van der Waals surface area contributed by atoms with Gasteiger partial charge in [-0.1, -0.05) is 17.7 Å². The smallest absolute Gasteiger partial charge is 0.272 e. The van der Waals surface area contributed by atoms with Gasteiger partial charge in [0.25, 0.3) is 6.43 Å². The van der Waals surface area contributed by atoms with Gasteiger partial charge in [-0.05, 0) is 24.6 Å². The zero-order chi connectivity index (χ0) is 11.4. The number of hydrogen-bond acceptors (Lipinski definition) is 2. The van der Waals surface area contributed by atoms with Gasteiger partial charge in [0.15, 0.2) is 0 Å². The van der Waals surface area contributed by atoms with Gasteiger partial charge in [-0.15, -0.1) is 12.4 Å². The highest BCUT2D eigenvalue weighted by atomic mass is 35.5. The fraction of sp³-hybridized carbons (Fsp3) is 0.400. The van der Waals surface area contributed by atoms with Crippen LogP contribution in [0.25, 0.3) is 0 Å². The Kier molecular flexibility index (Phi) is 6.64. The van der Waals surface area contributed by atoms with E-state index in [-0.39, 0.29) is 24.2 Å². The van der Waals surface area contributed by atoms with Crippen molar-refractivity contribution in [3.05, 3.63) is 28.8 Å². The van der Waals surface area contributed by atoms with Gasteiger partial charge in [0.2, 0.25) is 0 Å². The molecule has 0 heterocycles. The first kappa shape index (κ1) is 15.4. The Morgan fingerprint density at radius 1 is 1.44 bits per heavy atom. The molecule has 6 heteroatoms. The van der Waals surface area contributed by atoms with Crippen molar-refractivity contribution in [3.8, 4) is 5.75 Å². The summed E-state index contributed by atoms with van der Waals surface area (Å²) in [6.07, 6.45) is -2.51. The minimum atomic E-state index is -2.51. The molecule has 92 valence electrons. The Labute approximate surface area is 104 Å². The van der Waals surface area contributed by atoms with E-state index in [9.17, 15) is 8.78 Å². The van der Waals surface area contributed by atoms with Crippen molar-refractivity contribution in [2.24, 2.45) is 5.73 Å². The highest BCUT2D eigenvalue weighted by Crippen LogP contribution is 2.27. The third-order valence-electron chi connectivity index (χ3n) is 1.85. The fourth-order valence-corrected chi connectivity index (χ4v) is 1.31. The lowest BCUT2D eigenvalue weighted by atomic mass is 10.1. The van der Waals surface area contributed by atoms with E-state index in [2.05, 4.69) is 0 Å². The molecule has 1 aromatic carbocycles. The third-order valence-corrected chi connectivity index (χ3v) is 2.14. The summed E-state index contributed by atoms with van der Waals surface area (Å²) in [7, 11) is 0. The summed E-state index contributed by atoms with van der Waals surface area (Å²) in [6, 6.07) is 4.72. The second-order valence-electron chi connectivity index (χ2n) is 3.18. The Morgan fingerprint density at radius 3 is 2.50 bits per heavy atom. The predicted octanol–water partition coefficient (Wildman–Crippen LogP) is 3.43. The molecule has 16 heavy (non-hydrogen) atoms. The quantitative estimate of drug-likeness (QED) is 0.911. The van der Waals surface area contributed by atoms with Crippen molar-refractivity contribution in [2.75, 3.05) is 6.61 Å². The molecule has 0 saturated heterocycles. The lowest BCUT2D eigenvalue weighted by Crippen LogP contribution is -2.08. The summed E-state index contributed by atoms with van der Waals surface area (Å²) < 4.78 is 28.6. The largest absolute Gasteiger partial charge is 0.486 e. The summed E-state index contributed by atoms with van der Waals surface area (Å²) in [5.41, 5.74) is 6.47. The summed E-state index contributed by atoms with van der Waals surface area (Å²) in [5.74, 6) is 0.251. The maximum atomic E-state index is 11.9. The van der Waals surface area contributed by atoms with Crippen molar-refractivity contribution >= 4 is 24.0 Å². The first-order valence-electron chi connectivity index (χ1n) is 4.46. The van der Waals surface area contributed by atoms with Crippen LogP contribution >= 0.6 is 24.0 Å². The molecule has 0 amide bonds. The molecule has 2 nitrogen and oxygen atoms in total. The van der Waals surface area contributed by atoms with Crippen LogP contribution in [0.15, 0.2) is 18.2 Å². The molecule has 1 atom stereocenters. The molecule has 0 radical (unpaired) electrons. The molecule has 1 rings (SSSR count). The summed E-state index contributed by atoms with van der Waals surface area (Å²) in [6.45, 7) is 1.16. The predicted molar refractivity (Wildman–Crippen MR) is 62.8 cm³/mol. The van der Waals surface area contributed by atoms with Gasteiger partial charge in [0.05, 0.1) is 5.02 Å². The van der Waals surface area contributed by atoms with Crippen molar-refractivity contribution in [2.45, 2.75) is 19.4 Å². The number of hydrogen-bond donors (Lipinski definition) is 1. The first-order chi connectivity index (χ1) is 7.00. The minimum absolute atomic E-state index is 0. The van der Waals surface area contributed by atoms with E-state index in [1.54, 1.807) is 18.2 Å². The number of nitrogens with two attached hydrogens (primary N) is 1. The zero-order valence-electron chi connectivity index (χ0n) is 8.62. The van der Waals surface area contributed by atoms with E-state index in [1.165, 1.54) is 0 Å². The molecule has 1 unspecified atom stereocenters. The molecular weight excluding hydrogens is 259 g/mol. The van der Waals surface area contributed by atoms with Gasteiger partial charge < -0.3 is 10.5 Å². The van der Waals surface area contributed by atoms with E-state index >= 15 is 0 Å². The molecule has 0 saturated carbocycles. The van der Waals surface area contributed by atoms with Crippen LogP contribution in [0.3, 0.4) is 0 Å². The number of benzene rings is 1. The maximum absolute atomic E-state index is 11.9. The number of rotatable bonds is 4. The van der Waals surface area contributed by atoms with Gasteiger partial charge in [-0.3, -0.25) is 0 Å². The number of halogens is 4. The van der Waals surface area contributed by atoms with Gasteiger partial charge in [-0.2, -0.15) is 0 Å². The minimum Gasteiger partial charge on any atom is -0.486 e. The van der Waals surface area contributed by atoms with Crippen LogP contribution in [0.2, 0.25) is 5.02 Å². The average Bonchev–Trinajstić information content (AvgIpc) is 2.15. The van der Waals surface area contributed by atoms with Crippen molar-refractivity contribution in [3.63, 3.8) is 0 Å². The highest BCUT2D eigenvalue weighted by molar-refractivity contribution is 6.32. The highest BCUT2D eigenvalue weighted by Gasteiger charge is 2.08. The second kappa shape index (κ2) is 6.89. The topological polar surface area (TPSA) is 35.2 Å². The molecule has 0 aromatic heterocycles. The van der Waals surface area contributed by atoms with Gasteiger partial charge in [0, 0.05) is 6.04 Å². The Morgan fingerprint density at radius 2 is 2.06 bits per heavy atom. The first-order valence-corrected chi connectivity index (χ1v) is 4.84. The Balaban J connectivity index is 0.00000225. The molecule has 2 N–H and O–H groups in total. The summed E-state index contributed by atoms with van der Waals surface area (Å²) >= 11 is 5.83. The van der Waals surface area contributed by atoms with Gasteiger partial charge in [-0.25, -0.2) is 8.78 Å². The molecule has 0 bridgehead atoms. The molecule has 0 fully saturated rings. The molecular formula is C10H13Cl2F2NO. The van der Waals surface area contributed by atoms with E-state index in [1.807, 2.05) is 6.92 Å². The van der Waals surface area contributed by atoms with Crippen molar-refractivity contribution in [1.82, 2.24) is 0 Å². The second-order valence-corrected chi connectivity index (χ2v) is 3.59. The Bertz CT molecular complexity index is 335. The zero-order valence-corrected chi connectivity index (χ0v) is 10.2. The van der Waals surface area contributed by atoms with Crippen LogP contribution in [-0.4, -0.2) is 13.0 Å². The number of alkyl halides is 2. The fourth-order valence-electron chi connectivity index (χ4n) is 1.07. The van der Waals surface area contributed by atoms with Crippen LogP contribution < -0.4 is 10.5 Å². The summed E-state index contributed by atoms with van der Waals surface area (Å²) in [4.78, 5) is 0. The van der Waals surface area contributed by atoms with E-state index in [4.69, 9.17) is 22.1 Å². The lowest BCUT2D eigenvalue weighted by Gasteiger charge is -2.10. The normalized spacial score (nSPS) is 12.1. The Hall–Kier alpha value is -0.580. The van der Waals surface area contributed by atoms with Crippen LogP contribution in [0.4, 0.5) is 8.78 Å². The number of ether oxygens (including phenoxy) is 1. The van der Waals surface area contributed by atoms with Crippen LogP contribution in [0.5, 0.6) is 5.75 Å². The lowest BCUT2D eigenvalue weighted by molar-refractivity contribution is 0.0819. The van der Waals surface area contributed by atoms with Gasteiger partial charge in [0.1, 0.15) is 12.4 Å². The van der Waals surface area contributed by atoms with Crippen molar-refractivity contribution in [1.29, 1.82) is 0 Å². The molecule has 0 aliphatic heterocycles. The molecule has 1 aromatic rings. The van der Waals surface area contributed by atoms with Crippen LogP contribution in [0, 0.1) is 0 Å². The van der Waals surface area contributed by atoms with E-state index in [0.29, 0.717) is 5.02 Å². The monoisotopic (exact) mass is 271 g/mol. The van der Waals surface area contributed by atoms with Crippen LogP contribution in [0.1, 0.15) is 18.5 Å². The van der Waals surface area contributed by atoms with E-state index < -0.39 is 13.0 Å². The molecule has 0 spiro atoms. The molecule has 0 aliphatic rings. The van der Waals surface area contributed by atoms with E-state index in [0.717, 1.165) is 5.56 Å². The molecule has 0 aliphatic carbocycles. The van der Waals surface area contributed by atoms with Crippen molar-refractivity contribution < 1.29 is 13.5 Å². The maximum Gasteiger partial charge on any atom is 0.272 e.